The Labute approximate surface area is 200 Å². The normalized spacial score (nSPS) is 16.0. The highest BCUT2D eigenvalue weighted by Gasteiger charge is 2.16. The van der Waals surface area contributed by atoms with Crippen LogP contribution in [0, 0.1) is 5.92 Å². The molecule has 2 aromatic rings. The molecule has 4 N–H and O–H groups in total. The summed E-state index contributed by atoms with van der Waals surface area (Å²) in [6.45, 7) is 1.53. The minimum Gasteiger partial charge on any atom is -0.386 e. The largest absolute Gasteiger partial charge is 0.386 e. The summed E-state index contributed by atoms with van der Waals surface area (Å²) in [4.78, 5) is 17.2. The number of carbonyl (C=O) groups excluding carboxylic acids is 1. The maximum Gasteiger partial charge on any atom is 0.220 e. The number of fused-ring (bicyclic) bond motifs is 1. The second-order valence-corrected chi connectivity index (χ2v) is 8.76. The number of carbonyl (C=O) groups is 1. The smallest absolute Gasteiger partial charge is 0.220 e. The molecule has 1 atom stereocenters. The van der Waals surface area contributed by atoms with Crippen molar-refractivity contribution in [3.05, 3.63) is 35.2 Å². The molecule has 8 heteroatoms. The van der Waals surface area contributed by atoms with Gasteiger partial charge in [0.1, 0.15) is 6.10 Å². The molecule has 166 valence electrons. The maximum absolute atomic E-state index is 12.1. The molecule has 1 unspecified atom stereocenters. The molecular formula is C22H33IN4O2S. The van der Waals surface area contributed by atoms with Gasteiger partial charge in [-0.25, -0.2) is 0 Å². The van der Waals surface area contributed by atoms with E-state index in [1.54, 1.807) is 18.4 Å². The van der Waals surface area contributed by atoms with Crippen molar-refractivity contribution in [2.75, 3.05) is 26.7 Å². The topological polar surface area (TPSA) is 85.8 Å². The second-order valence-electron chi connectivity index (χ2n) is 7.64. The average molecular weight is 545 g/mol. The lowest BCUT2D eigenvalue weighted by molar-refractivity contribution is -0.122. The number of aliphatic imine (C=N–C) groups is 1. The molecule has 0 spiro atoms. The van der Waals surface area contributed by atoms with Gasteiger partial charge < -0.3 is 21.1 Å². The molecule has 1 fully saturated rings. The Kier molecular flexibility index (Phi) is 10.9. The second kappa shape index (κ2) is 13.1. The van der Waals surface area contributed by atoms with Crippen molar-refractivity contribution < 1.29 is 9.90 Å². The summed E-state index contributed by atoms with van der Waals surface area (Å²) in [5, 5.41) is 20.9. The molecule has 1 amide bonds. The minimum absolute atomic E-state index is 0. The summed E-state index contributed by atoms with van der Waals surface area (Å²) in [6, 6.07) is 10.2. The number of halogens is 1. The minimum atomic E-state index is -0.596. The highest BCUT2D eigenvalue weighted by molar-refractivity contribution is 14.0. The Morgan fingerprint density at radius 3 is 2.63 bits per heavy atom. The third kappa shape index (κ3) is 7.70. The van der Waals surface area contributed by atoms with E-state index in [0.29, 0.717) is 37.9 Å². The zero-order valence-electron chi connectivity index (χ0n) is 17.5. The van der Waals surface area contributed by atoms with Gasteiger partial charge in [0.15, 0.2) is 5.96 Å². The van der Waals surface area contributed by atoms with Gasteiger partial charge in [0, 0.05) is 42.7 Å². The van der Waals surface area contributed by atoms with Crippen molar-refractivity contribution in [1.29, 1.82) is 0 Å². The summed E-state index contributed by atoms with van der Waals surface area (Å²) < 4.78 is 1.17. The van der Waals surface area contributed by atoms with Crippen LogP contribution in [0.5, 0.6) is 0 Å². The predicted molar refractivity (Wildman–Crippen MR) is 136 cm³/mol. The number of nitrogens with zero attached hydrogens (tertiary/aromatic N) is 1. The lowest BCUT2D eigenvalue weighted by Gasteiger charge is -2.21. The quantitative estimate of drug-likeness (QED) is 0.176. The highest BCUT2D eigenvalue weighted by Crippen LogP contribution is 2.29. The first-order valence-electron chi connectivity index (χ1n) is 10.5. The molecule has 0 bridgehead atoms. The van der Waals surface area contributed by atoms with Crippen LogP contribution in [0.15, 0.2) is 35.3 Å². The number of guanidine groups is 1. The van der Waals surface area contributed by atoms with Gasteiger partial charge in [-0.05, 0) is 36.3 Å². The van der Waals surface area contributed by atoms with Gasteiger partial charge in [-0.1, -0.05) is 37.5 Å². The first kappa shape index (κ1) is 24.9. The number of nitrogens with one attached hydrogen (secondary N) is 3. The van der Waals surface area contributed by atoms with Crippen LogP contribution in [0.3, 0.4) is 0 Å². The average Bonchev–Trinajstić information content (AvgIpc) is 3.18. The molecule has 1 aromatic heterocycles. The molecule has 1 aliphatic rings. The standard InChI is InChI=1S/C22H32N4O2S.HI/c1-23-22(25-12-11-24-21(28)13-16-7-3-2-4-8-16)26-15-18(27)20-14-17-9-5-6-10-19(17)29-20;/h5-6,9-10,14,16,18,27H,2-4,7-8,11-13,15H2,1H3,(H,24,28)(H2,23,25,26);1H. The molecule has 0 aliphatic heterocycles. The van der Waals surface area contributed by atoms with E-state index in [0.717, 1.165) is 10.3 Å². The lowest BCUT2D eigenvalue weighted by atomic mass is 9.87. The van der Waals surface area contributed by atoms with Crippen molar-refractivity contribution >= 4 is 57.3 Å². The van der Waals surface area contributed by atoms with E-state index in [1.807, 2.05) is 18.2 Å². The van der Waals surface area contributed by atoms with Crippen LogP contribution in [0.4, 0.5) is 0 Å². The monoisotopic (exact) mass is 544 g/mol. The summed E-state index contributed by atoms with van der Waals surface area (Å²) >= 11 is 1.61. The van der Waals surface area contributed by atoms with Gasteiger partial charge in [-0.2, -0.15) is 0 Å². The van der Waals surface area contributed by atoms with Crippen molar-refractivity contribution in [2.45, 2.75) is 44.6 Å². The number of benzene rings is 1. The van der Waals surface area contributed by atoms with E-state index < -0.39 is 6.10 Å². The van der Waals surface area contributed by atoms with Crippen molar-refractivity contribution in [3.8, 4) is 0 Å². The Hall–Kier alpha value is -1.39. The van der Waals surface area contributed by atoms with Crippen LogP contribution in [-0.4, -0.2) is 43.7 Å². The van der Waals surface area contributed by atoms with Crippen LogP contribution in [0.2, 0.25) is 0 Å². The lowest BCUT2D eigenvalue weighted by Crippen LogP contribution is -2.42. The van der Waals surface area contributed by atoms with Crippen molar-refractivity contribution in [3.63, 3.8) is 0 Å². The third-order valence-corrected chi connectivity index (χ3v) is 6.62. The first-order chi connectivity index (χ1) is 14.2. The predicted octanol–water partition coefficient (Wildman–Crippen LogP) is 3.80. The molecule has 1 heterocycles. The van der Waals surface area contributed by atoms with Crippen LogP contribution in [-0.2, 0) is 4.79 Å². The van der Waals surface area contributed by atoms with E-state index >= 15 is 0 Å². The fourth-order valence-corrected chi connectivity index (χ4v) is 4.84. The molecule has 1 saturated carbocycles. The number of hydrogen-bond acceptors (Lipinski definition) is 4. The molecule has 0 radical (unpaired) electrons. The van der Waals surface area contributed by atoms with Gasteiger partial charge in [0.25, 0.3) is 0 Å². The molecule has 0 saturated heterocycles. The fourth-order valence-electron chi connectivity index (χ4n) is 3.79. The van der Waals surface area contributed by atoms with Gasteiger partial charge in [0.2, 0.25) is 5.91 Å². The van der Waals surface area contributed by atoms with Gasteiger partial charge in [-0.15, -0.1) is 35.3 Å². The number of amides is 1. The molecule has 1 aliphatic carbocycles. The zero-order chi connectivity index (χ0) is 20.5. The molecular weight excluding hydrogens is 511 g/mol. The van der Waals surface area contributed by atoms with E-state index in [9.17, 15) is 9.90 Å². The van der Waals surface area contributed by atoms with E-state index in [4.69, 9.17) is 0 Å². The number of thiophene rings is 1. The summed E-state index contributed by atoms with van der Waals surface area (Å²) in [6.07, 6.45) is 6.25. The van der Waals surface area contributed by atoms with Crippen molar-refractivity contribution in [2.24, 2.45) is 10.9 Å². The number of aliphatic hydroxyl groups excluding tert-OH is 1. The Bertz CT molecular complexity index is 787. The van der Waals surface area contributed by atoms with Gasteiger partial charge in [0.05, 0.1) is 0 Å². The highest BCUT2D eigenvalue weighted by atomic mass is 127. The van der Waals surface area contributed by atoms with Gasteiger partial charge in [-0.3, -0.25) is 9.79 Å². The van der Waals surface area contributed by atoms with E-state index in [-0.39, 0.29) is 29.9 Å². The first-order valence-corrected chi connectivity index (χ1v) is 11.3. The van der Waals surface area contributed by atoms with Crippen LogP contribution in [0.25, 0.3) is 10.1 Å². The SMILES string of the molecule is CN=C(NCCNC(=O)CC1CCCCC1)NCC(O)c1cc2ccccc2s1.I. The molecule has 1 aromatic carbocycles. The Morgan fingerprint density at radius 1 is 1.17 bits per heavy atom. The molecule has 6 nitrogen and oxygen atoms in total. The fraction of sp³-hybridized carbons (Fsp3) is 0.545. The van der Waals surface area contributed by atoms with Gasteiger partial charge >= 0.3 is 0 Å². The van der Waals surface area contributed by atoms with E-state index in [1.165, 1.54) is 36.8 Å². The van der Waals surface area contributed by atoms with Crippen LogP contribution in [0.1, 0.15) is 49.5 Å². The summed E-state index contributed by atoms with van der Waals surface area (Å²) in [5.41, 5.74) is 0. The molecule has 3 rings (SSSR count). The molecule has 30 heavy (non-hydrogen) atoms. The van der Waals surface area contributed by atoms with Crippen LogP contribution < -0.4 is 16.0 Å². The van der Waals surface area contributed by atoms with Crippen LogP contribution >= 0.6 is 35.3 Å². The Morgan fingerprint density at radius 2 is 1.90 bits per heavy atom. The third-order valence-electron chi connectivity index (χ3n) is 5.40. The van der Waals surface area contributed by atoms with Crippen molar-refractivity contribution in [1.82, 2.24) is 16.0 Å². The number of hydrogen-bond donors (Lipinski definition) is 4. The van der Waals surface area contributed by atoms with E-state index in [2.05, 4.69) is 33.1 Å². The summed E-state index contributed by atoms with van der Waals surface area (Å²) in [7, 11) is 1.70. The maximum atomic E-state index is 12.1. The zero-order valence-corrected chi connectivity index (χ0v) is 20.7. The number of rotatable bonds is 8. The Balaban J connectivity index is 0.00000320. The number of aliphatic hydroxyl groups is 1. The summed E-state index contributed by atoms with van der Waals surface area (Å²) in [5.74, 6) is 1.31.